The van der Waals surface area contributed by atoms with Crippen molar-refractivity contribution in [3.63, 3.8) is 0 Å². The Hall–Kier alpha value is -0.340. The fourth-order valence-electron chi connectivity index (χ4n) is 1.62. The van der Waals surface area contributed by atoms with Gasteiger partial charge in [-0.2, -0.15) is 0 Å². The Morgan fingerprint density at radius 2 is 2.00 bits per heavy atom. The molecule has 0 fully saturated rings. The van der Waals surface area contributed by atoms with Crippen molar-refractivity contribution in [1.82, 2.24) is 10.6 Å². The summed E-state index contributed by atoms with van der Waals surface area (Å²) in [6, 6.07) is 7.68. The zero-order valence-electron chi connectivity index (χ0n) is 13.5. The van der Waals surface area contributed by atoms with E-state index < -0.39 is 10.8 Å². The molecule has 0 saturated carbocycles. The highest BCUT2D eigenvalue weighted by Gasteiger charge is 2.18. The molecular weight excluding hydrogens is 433 g/mol. The van der Waals surface area contributed by atoms with Crippen LogP contribution in [0, 0.1) is 0 Å². The zero-order valence-corrected chi connectivity index (χ0v) is 17.4. The minimum Gasteiger partial charge on any atom is -0.355 e. The van der Waals surface area contributed by atoms with Gasteiger partial charge in [-0.25, -0.2) is 0 Å². The molecule has 0 aromatic heterocycles. The van der Waals surface area contributed by atoms with Gasteiger partial charge in [0.2, 0.25) is 0 Å². The first-order valence-electron chi connectivity index (χ1n) is 6.90. The summed E-state index contributed by atoms with van der Waals surface area (Å²) in [6.45, 7) is 7.21. The highest BCUT2D eigenvalue weighted by molar-refractivity contribution is 14.0. The quantitative estimate of drug-likeness (QED) is 0.406. The van der Waals surface area contributed by atoms with Gasteiger partial charge in [-0.15, -0.1) is 24.0 Å². The monoisotopic (exact) mass is 457 g/mol. The second-order valence-corrected chi connectivity index (χ2v) is 8.40. The average Bonchev–Trinajstić information content (AvgIpc) is 2.41. The van der Waals surface area contributed by atoms with E-state index in [1.165, 1.54) is 0 Å². The van der Waals surface area contributed by atoms with Gasteiger partial charge in [0, 0.05) is 46.5 Å². The molecule has 0 aliphatic carbocycles. The average molecular weight is 458 g/mol. The van der Waals surface area contributed by atoms with Crippen LogP contribution >= 0.6 is 35.6 Å². The molecule has 0 saturated heterocycles. The number of halogens is 2. The maximum absolute atomic E-state index is 11.9. The molecule has 2 N–H and O–H groups in total. The van der Waals surface area contributed by atoms with Crippen molar-refractivity contribution >= 4 is 52.3 Å². The van der Waals surface area contributed by atoms with E-state index in [9.17, 15) is 4.21 Å². The van der Waals surface area contributed by atoms with E-state index in [-0.39, 0.29) is 28.7 Å². The van der Waals surface area contributed by atoms with Crippen LogP contribution in [0.4, 0.5) is 0 Å². The molecule has 0 radical (unpaired) electrons. The summed E-state index contributed by atoms with van der Waals surface area (Å²) in [7, 11) is 0.855. The maximum atomic E-state index is 11.9. The van der Waals surface area contributed by atoms with Crippen LogP contribution in [0.25, 0.3) is 0 Å². The Morgan fingerprint density at radius 3 is 2.55 bits per heavy atom. The van der Waals surface area contributed by atoms with Gasteiger partial charge in [-0.1, -0.05) is 23.7 Å². The van der Waals surface area contributed by atoms with Crippen molar-refractivity contribution < 1.29 is 4.21 Å². The summed E-state index contributed by atoms with van der Waals surface area (Å²) >= 11 is 5.95. The molecule has 1 aromatic carbocycles. The van der Waals surface area contributed by atoms with E-state index in [2.05, 4.69) is 15.6 Å². The van der Waals surface area contributed by atoms with E-state index in [0.29, 0.717) is 24.8 Å². The fourth-order valence-corrected chi connectivity index (χ4v) is 2.73. The number of hydrogen-bond acceptors (Lipinski definition) is 2. The third-order valence-corrected chi connectivity index (χ3v) is 5.01. The SMILES string of the molecule is CN=C(NCCS(=O)C(C)(C)C)NCc1cccc(Cl)c1.I. The Morgan fingerprint density at radius 1 is 1.32 bits per heavy atom. The third-order valence-electron chi connectivity index (χ3n) is 2.84. The Kier molecular flexibility index (Phi) is 10.3. The minimum atomic E-state index is -0.861. The van der Waals surface area contributed by atoms with Crippen molar-refractivity contribution in [3.05, 3.63) is 34.9 Å². The van der Waals surface area contributed by atoms with Gasteiger partial charge in [-0.05, 0) is 38.5 Å². The molecule has 0 aliphatic heterocycles. The molecule has 0 heterocycles. The predicted octanol–water partition coefficient (Wildman–Crippen LogP) is 3.17. The molecular formula is C15H25ClIN3OS. The van der Waals surface area contributed by atoms with Crippen molar-refractivity contribution in [1.29, 1.82) is 0 Å². The molecule has 7 heteroatoms. The summed E-state index contributed by atoms with van der Waals surface area (Å²) < 4.78 is 11.8. The summed E-state index contributed by atoms with van der Waals surface area (Å²) in [5, 5.41) is 7.10. The van der Waals surface area contributed by atoms with Crippen molar-refractivity contribution in [2.45, 2.75) is 32.1 Å². The Balaban J connectivity index is 0.00000441. The summed E-state index contributed by atoms with van der Waals surface area (Å²) in [5.74, 6) is 1.29. The van der Waals surface area contributed by atoms with E-state index in [0.717, 1.165) is 10.6 Å². The highest BCUT2D eigenvalue weighted by atomic mass is 127. The number of guanidine groups is 1. The van der Waals surface area contributed by atoms with Crippen LogP contribution in [-0.4, -0.2) is 34.3 Å². The first kappa shape index (κ1) is 21.7. The number of hydrogen-bond donors (Lipinski definition) is 2. The number of rotatable bonds is 5. The van der Waals surface area contributed by atoms with Gasteiger partial charge >= 0.3 is 0 Å². The van der Waals surface area contributed by atoms with Crippen LogP contribution < -0.4 is 10.6 Å². The summed E-state index contributed by atoms with van der Waals surface area (Å²) in [4.78, 5) is 4.15. The molecule has 22 heavy (non-hydrogen) atoms. The molecule has 1 atom stereocenters. The molecule has 0 bridgehead atoms. The Bertz CT molecular complexity index is 518. The van der Waals surface area contributed by atoms with Crippen molar-refractivity contribution in [3.8, 4) is 0 Å². The third kappa shape index (κ3) is 8.33. The standard InChI is InChI=1S/C15H24ClN3OS.HI/c1-15(2,3)21(20)9-8-18-14(17-4)19-11-12-6-5-7-13(16)10-12;/h5-7,10H,8-9,11H2,1-4H3,(H2,17,18,19);1H. The van der Waals surface area contributed by atoms with Gasteiger partial charge in [0.1, 0.15) is 0 Å². The first-order valence-corrected chi connectivity index (χ1v) is 8.60. The molecule has 126 valence electrons. The lowest BCUT2D eigenvalue weighted by Crippen LogP contribution is -2.40. The van der Waals surface area contributed by atoms with Crippen molar-refractivity contribution in [2.75, 3.05) is 19.3 Å². The smallest absolute Gasteiger partial charge is 0.191 e. The first-order chi connectivity index (χ1) is 9.82. The second kappa shape index (κ2) is 10.4. The molecule has 0 aliphatic rings. The van der Waals surface area contributed by atoms with Crippen LogP contribution in [0.2, 0.25) is 5.02 Å². The topological polar surface area (TPSA) is 53.5 Å². The summed E-state index contributed by atoms with van der Waals surface area (Å²) in [5.41, 5.74) is 1.09. The van der Waals surface area contributed by atoms with Gasteiger partial charge in [0.25, 0.3) is 0 Å². The van der Waals surface area contributed by atoms with Crippen LogP contribution in [-0.2, 0) is 17.3 Å². The lowest BCUT2D eigenvalue weighted by molar-refractivity contribution is 0.647. The molecule has 0 spiro atoms. The largest absolute Gasteiger partial charge is 0.355 e. The summed E-state index contributed by atoms with van der Waals surface area (Å²) in [6.07, 6.45) is 0. The van der Waals surface area contributed by atoms with Gasteiger partial charge < -0.3 is 10.6 Å². The number of nitrogens with one attached hydrogen (secondary N) is 2. The molecule has 4 nitrogen and oxygen atoms in total. The van der Waals surface area contributed by atoms with Crippen LogP contribution in [0.15, 0.2) is 29.3 Å². The van der Waals surface area contributed by atoms with Crippen LogP contribution in [0.1, 0.15) is 26.3 Å². The second-order valence-electron chi connectivity index (χ2n) is 5.64. The van der Waals surface area contributed by atoms with E-state index in [1.807, 2.05) is 45.0 Å². The van der Waals surface area contributed by atoms with E-state index in [4.69, 9.17) is 11.6 Å². The molecule has 1 unspecified atom stereocenters. The molecule has 1 aromatic rings. The molecule has 0 amide bonds. The minimum absolute atomic E-state index is 0. The zero-order chi connectivity index (χ0) is 15.9. The van der Waals surface area contributed by atoms with Gasteiger partial charge in [0.05, 0.1) is 0 Å². The van der Waals surface area contributed by atoms with Crippen molar-refractivity contribution in [2.24, 2.45) is 4.99 Å². The van der Waals surface area contributed by atoms with Crippen LogP contribution in [0.3, 0.4) is 0 Å². The Labute approximate surface area is 158 Å². The number of benzene rings is 1. The van der Waals surface area contributed by atoms with E-state index >= 15 is 0 Å². The lowest BCUT2D eigenvalue weighted by Gasteiger charge is -2.18. The van der Waals surface area contributed by atoms with Gasteiger partial charge in [-0.3, -0.25) is 9.20 Å². The number of aliphatic imine (C=N–C) groups is 1. The predicted molar refractivity (Wildman–Crippen MR) is 108 cm³/mol. The van der Waals surface area contributed by atoms with E-state index in [1.54, 1.807) is 7.05 Å². The molecule has 1 rings (SSSR count). The highest BCUT2D eigenvalue weighted by Crippen LogP contribution is 2.11. The number of nitrogens with zero attached hydrogens (tertiary/aromatic N) is 1. The maximum Gasteiger partial charge on any atom is 0.191 e. The van der Waals surface area contributed by atoms with Crippen LogP contribution in [0.5, 0.6) is 0 Å². The normalized spacial score (nSPS) is 13.2. The lowest BCUT2D eigenvalue weighted by atomic mass is 10.2. The van der Waals surface area contributed by atoms with Gasteiger partial charge in [0.15, 0.2) is 5.96 Å². The fraction of sp³-hybridized carbons (Fsp3) is 0.533.